The number of halogens is 2. The Bertz CT molecular complexity index is 1060. The van der Waals surface area contributed by atoms with Gasteiger partial charge in [-0.1, -0.05) is 52.7 Å². The highest BCUT2D eigenvalue weighted by Crippen LogP contribution is 2.23. The van der Waals surface area contributed by atoms with Crippen molar-refractivity contribution in [1.29, 1.82) is 0 Å². The maximum absolute atomic E-state index is 13.4. The third-order valence-electron chi connectivity index (χ3n) is 4.73. The van der Waals surface area contributed by atoms with Crippen LogP contribution >= 0.6 is 27.5 Å². The molecule has 0 radical (unpaired) electrons. The Kier molecular flexibility index (Phi) is 9.54. The van der Waals surface area contributed by atoms with Crippen molar-refractivity contribution in [2.24, 2.45) is 0 Å². The lowest BCUT2D eigenvalue weighted by atomic mass is 10.1. The summed E-state index contributed by atoms with van der Waals surface area (Å²) in [6, 6.07) is 12.8. The number of nitrogens with one attached hydrogen (secondary N) is 1. The lowest BCUT2D eigenvalue weighted by Crippen LogP contribution is -2.51. The van der Waals surface area contributed by atoms with Gasteiger partial charge in [0, 0.05) is 22.6 Å². The van der Waals surface area contributed by atoms with Crippen LogP contribution in [0.3, 0.4) is 0 Å². The fourth-order valence-corrected chi connectivity index (χ4v) is 4.50. The van der Waals surface area contributed by atoms with Gasteiger partial charge in [-0.15, -0.1) is 0 Å². The van der Waals surface area contributed by atoms with Crippen molar-refractivity contribution in [2.45, 2.75) is 32.9 Å². The van der Waals surface area contributed by atoms with Gasteiger partial charge < -0.3 is 10.2 Å². The maximum Gasteiger partial charge on any atom is 0.244 e. The summed E-state index contributed by atoms with van der Waals surface area (Å²) in [5, 5.41) is 3.29. The smallest absolute Gasteiger partial charge is 0.244 e. The zero-order chi connectivity index (χ0) is 23.9. The van der Waals surface area contributed by atoms with Crippen molar-refractivity contribution in [3.63, 3.8) is 0 Å². The molecule has 0 aliphatic heterocycles. The zero-order valence-corrected chi connectivity index (χ0v) is 21.4. The Labute approximate surface area is 202 Å². The van der Waals surface area contributed by atoms with Crippen molar-refractivity contribution >= 4 is 55.1 Å². The van der Waals surface area contributed by atoms with Gasteiger partial charge in [0.15, 0.2) is 0 Å². The van der Waals surface area contributed by atoms with Gasteiger partial charge in [-0.05, 0) is 49.2 Å². The van der Waals surface area contributed by atoms with E-state index in [2.05, 4.69) is 21.2 Å². The molecule has 1 atom stereocenters. The molecule has 32 heavy (non-hydrogen) atoms. The quantitative estimate of drug-likeness (QED) is 0.493. The average molecular weight is 545 g/mol. The number of hydrogen-bond donors (Lipinski definition) is 1. The summed E-state index contributed by atoms with van der Waals surface area (Å²) in [5.41, 5.74) is 1.08. The van der Waals surface area contributed by atoms with E-state index in [0.29, 0.717) is 21.7 Å². The van der Waals surface area contributed by atoms with Crippen LogP contribution < -0.4 is 9.62 Å². The normalized spacial score (nSPS) is 12.2. The van der Waals surface area contributed by atoms with Gasteiger partial charge in [0.25, 0.3) is 0 Å². The second kappa shape index (κ2) is 11.7. The topological polar surface area (TPSA) is 86.8 Å². The molecule has 0 heterocycles. The molecule has 0 saturated carbocycles. The first-order valence-corrected chi connectivity index (χ1v) is 13.1. The average Bonchev–Trinajstić information content (AvgIpc) is 2.72. The van der Waals surface area contributed by atoms with Crippen molar-refractivity contribution in [3.05, 3.63) is 63.6 Å². The standard InChI is InChI=1S/C22H27BrClN3O4S/c1-4-11-25-22(29)16(2)26(14-17-7-5-9-19(24)12-17)21(28)15-27(32(3,30)31)20-10-6-8-18(23)13-20/h5-10,12-13,16H,4,11,14-15H2,1-3H3,(H,25,29)/t16-/m0/s1. The molecule has 1 N–H and O–H groups in total. The molecule has 0 bridgehead atoms. The maximum atomic E-state index is 13.4. The molecule has 7 nitrogen and oxygen atoms in total. The van der Waals surface area contributed by atoms with E-state index >= 15 is 0 Å². The van der Waals surface area contributed by atoms with Gasteiger partial charge in [-0.3, -0.25) is 13.9 Å². The van der Waals surface area contributed by atoms with Gasteiger partial charge in [0.1, 0.15) is 12.6 Å². The van der Waals surface area contributed by atoms with Crippen LogP contribution in [0, 0.1) is 0 Å². The first-order valence-electron chi connectivity index (χ1n) is 10.1. The monoisotopic (exact) mass is 543 g/mol. The molecule has 2 aromatic carbocycles. The molecule has 2 aromatic rings. The number of sulfonamides is 1. The van der Waals surface area contributed by atoms with Crippen molar-refractivity contribution in [2.75, 3.05) is 23.7 Å². The minimum absolute atomic E-state index is 0.107. The van der Waals surface area contributed by atoms with E-state index in [1.807, 2.05) is 6.92 Å². The number of amides is 2. The van der Waals surface area contributed by atoms with Crippen LogP contribution in [0.2, 0.25) is 5.02 Å². The summed E-state index contributed by atoms with van der Waals surface area (Å²) in [7, 11) is -3.76. The van der Waals surface area contributed by atoms with E-state index in [4.69, 9.17) is 11.6 Å². The van der Waals surface area contributed by atoms with Gasteiger partial charge >= 0.3 is 0 Å². The zero-order valence-electron chi connectivity index (χ0n) is 18.2. The molecule has 0 unspecified atom stereocenters. The Morgan fingerprint density at radius 2 is 1.84 bits per heavy atom. The first kappa shape index (κ1) is 26.2. The van der Waals surface area contributed by atoms with Crippen molar-refractivity contribution in [3.8, 4) is 0 Å². The van der Waals surface area contributed by atoms with Crippen LogP contribution in [-0.2, 0) is 26.2 Å². The first-order chi connectivity index (χ1) is 15.0. The lowest BCUT2D eigenvalue weighted by molar-refractivity contribution is -0.139. The highest BCUT2D eigenvalue weighted by atomic mass is 79.9. The summed E-state index contributed by atoms with van der Waals surface area (Å²) in [6.07, 6.45) is 1.80. The van der Waals surface area contributed by atoms with E-state index in [-0.39, 0.29) is 12.5 Å². The number of benzene rings is 2. The fraction of sp³-hybridized carbons (Fsp3) is 0.364. The largest absolute Gasteiger partial charge is 0.354 e. The van der Waals surface area contributed by atoms with Crippen LogP contribution in [0.15, 0.2) is 53.0 Å². The second-order valence-electron chi connectivity index (χ2n) is 7.37. The summed E-state index contributed by atoms with van der Waals surface area (Å²) >= 11 is 9.41. The highest BCUT2D eigenvalue weighted by Gasteiger charge is 2.30. The third kappa shape index (κ3) is 7.50. The van der Waals surface area contributed by atoms with Gasteiger partial charge in [0.2, 0.25) is 21.8 Å². The van der Waals surface area contributed by atoms with Crippen LogP contribution in [0.4, 0.5) is 5.69 Å². The molecule has 0 aliphatic rings. The lowest BCUT2D eigenvalue weighted by Gasteiger charge is -2.31. The highest BCUT2D eigenvalue weighted by molar-refractivity contribution is 9.10. The van der Waals surface area contributed by atoms with E-state index in [1.165, 1.54) is 4.90 Å². The Morgan fingerprint density at radius 3 is 2.44 bits per heavy atom. The molecule has 0 aromatic heterocycles. The van der Waals surface area contributed by atoms with E-state index in [0.717, 1.165) is 22.5 Å². The number of carbonyl (C=O) groups is 2. The number of hydrogen-bond acceptors (Lipinski definition) is 4. The number of anilines is 1. The number of nitrogens with zero attached hydrogens (tertiary/aromatic N) is 2. The van der Waals surface area contributed by atoms with E-state index in [1.54, 1.807) is 55.5 Å². The minimum Gasteiger partial charge on any atom is -0.354 e. The van der Waals surface area contributed by atoms with Gasteiger partial charge in [-0.25, -0.2) is 8.42 Å². The molecular weight excluding hydrogens is 518 g/mol. The Morgan fingerprint density at radius 1 is 1.16 bits per heavy atom. The second-order valence-corrected chi connectivity index (χ2v) is 10.6. The molecule has 0 aliphatic carbocycles. The third-order valence-corrected chi connectivity index (χ3v) is 6.60. The van der Waals surface area contributed by atoms with Crippen molar-refractivity contribution < 1.29 is 18.0 Å². The molecule has 10 heteroatoms. The summed E-state index contributed by atoms with van der Waals surface area (Å²) in [5.74, 6) is -0.815. The van der Waals surface area contributed by atoms with Crippen molar-refractivity contribution in [1.82, 2.24) is 10.2 Å². The predicted octanol–water partition coefficient (Wildman–Crippen LogP) is 3.81. The minimum atomic E-state index is -3.76. The summed E-state index contributed by atoms with van der Waals surface area (Å²) in [4.78, 5) is 27.4. The molecule has 0 fully saturated rings. The van der Waals surface area contributed by atoms with E-state index < -0.39 is 28.5 Å². The van der Waals surface area contributed by atoms with E-state index in [9.17, 15) is 18.0 Å². The molecule has 174 valence electrons. The van der Waals surface area contributed by atoms with Crippen LogP contribution in [0.25, 0.3) is 0 Å². The van der Waals surface area contributed by atoms with Crippen LogP contribution in [-0.4, -0.2) is 50.5 Å². The summed E-state index contributed by atoms with van der Waals surface area (Å²) in [6.45, 7) is 3.70. The van der Waals surface area contributed by atoms with Gasteiger partial charge in [-0.2, -0.15) is 0 Å². The fourth-order valence-electron chi connectivity index (χ4n) is 3.06. The summed E-state index contributed by atoms with van der Waals surface area (Å²) < 4.78 is 26.7. The predicted molar refractivity (Wildman–Crippen MR) is 131 cm³/mol. The molecular formula is C22H27BrClN3O4S. The molecule has 0 saturated heterocycles. The van der Waals surface area contributed by atoms with Gasteiger partial charge in [0.05, 0.1) is 11.9 Å². The number of carbonyl (C=O) groups excluding carboxylic acids is 2. The molecule has 2 rings (SSSR count). The van der Waals surface area contributed by atoms with Crippen LogP contribution in [0.5, 0.6) is 0 Å². The number of rotatable bonds is 10. The Balaban J connectivity index is 2.37. The molecule has 0 spiro atoms. The Hall–Kier alpha value is -2.10. The molecule has 2 amide bonds. The SMILES string of the molecule is CCCNC(=O)[C@H](C)N(Cc1cccc(Cl)c1)C(=O)CN(c1cccc(Br)c1)S(C)(=O)=O. The van der Waals surface area contributed by atoms with Crippen LogP contribution in [0.1, 0.15) is 25.8 Å².